The summed E-state index contributed by atoms with van der Waals surface area (Å²) in [5, 5.41) is 5.62. The summed E-state index contributed by atoms with van der Waals surface area (Å²) in [5.41, 5.74) is 1.05. The zero-order chi connectivity index (χ0) is 14.7. The van der Waals surface area contributed by atoms with Gasteiger partial charge in [0.1, 0.15) is 11.6 Å². The average molecular weight is 288 g/mol. The minimum absolute atomic E-state index is 0.0320. The molecular formula is C16H17FN2O2. The number of urea groups is 1. The molecule has 1 heterocycles. The average Bonchev–Trinajstić information content (AvgIpc) is 3.10. The summed E-state index contributed by atoms with van der Waals surface area (Å²) in [5.74, 6) is 0.475. The van der Waals surface area contributed by atoms with Gasteiger partial charge in [-0.2, -0.15) is 0 Å². The van der Waals surface area contributed by atoms with E-state index >= 15 is 0 Å². The number of halogens is 1. The Labute approximate surface area is 122 Å². The molecular weight excluding hydrogens is 271 g/mol. The van der Waals surface area contributed by atoms with E-state index in [-0.39, 0.29) is 17.3 Å². The van der Waals surface area contributed by atoms with Crippen molar-refractivity contribution in [1.82, 2.24) is 10.6 Å². The van der Waals surface area contributed by atoms with Gasteiger partial charge in [-0.15, -0.1) is 0 Å². The molecule has 2 aromatic rings. The third-order valence-electron chi connectivity index (χ3n) is 3.90. The number of hydrogen-bond acceptors (Lipinski definition) is 2. The normalized spacial score (nSPS) is 15.5. The van der Waals surface area contributed by atoms with Crippen LogP contribution in [0.4, 0.5) is 9.18 Å². The number of carbonyl (C=O) groups excluding carboxylic acids is 1. The number of amides is 2. The lowest BCUT2D eigenvalue weighted by Gasteiger charge is -2.16. The SMILES string of the molecule is O=C(NCc1ccco1)NCC1(c2ccc(F)cc2)CC1. The van der Waals surface area contributed by atoms with Crippen LogP contribution in [-0.4, -0.2) is 12.6 Å². The highest BCUT2D eigenvalue weighted by Gasteiger charge is 2.44. The Bertz CT molecular complexity index is 604. The molecule has 0 unspecified atom stereocenters. The minimum atomic E-state index is -0.237. The summed E-state index contributed by atoms with van der Waals surface area (Å²) in [7, 11) is 0. The summed E-state index contributed by atoms with van der Waals surface area (Å²) >= 11 is 0. The van der Waals surface area contributed by atoms with E-state index in [4.69, 9.17) is 4.42 Å². The molecule has 1 saturated carbocycles. The van der Waals surface area contributed by atoms with Gasteiger partial charge < -0.3 is 15.1 Å². The Morgan fingerprint density at radius 2 is 1.95 bits per heavy atom. The second-order valence-corrected chi connectivity index (χ2v) is 5.40. The summed E-state index contributed by atoms with van der Waals surface area (Å²) in [6.45, 7) is 0.922. The van der Waals surface area contributed by atoms with E-state index in [1.165, 1.54) is 12.1 Å². The van der Waals surface area contributed by atoms with E-state index in [0.717, 1.165) is 18.4 Å². The quantitative estimate of drug-likeness (QED) is 0.888. The first-order valence-corrected chi connectivity index (χ1v) is 6.98. The monoisotopic (exact) mass is 288 g/mol. The molecule has 4 nitrogen and oxygen atoms in total. The number of rotatable bonds is 5. The van der Waals surface area contributed by atoms with Crippen molar-refractivity contribution >= 4 is 6.03 Å². The van der Waals surface area contributed by atoms with Gasteiger partial charge in [0.15, 0.2) is 0 Å². The van der Waals surface area contributed by atoms with Gasteiger partial charge in [-0.25, -0.2) is 9.18 Å². The Morgan fingerprint density at radius 1 is 1.19 bits per heavy atom. The number of nitrogens with one attached hydrogen (secondary N) is 2. The van der Waals surface area contributed by atoms with Crippen LogP contribution in [0.3, 0.4) is 0 Å². The molecule has 0 spiro atoms. The first-order chi connectivity index (χ1) is 10.2. The molecule has 1 fully saturated rings. The zero-order valence-corrected chi connectivity index (χ0v) is 11.6. The molecule has 0 aliphatic heterocycles. The van der Waals surface area contributed by atoms with Crippen LogP contribution in [0.5, 0.6) is 0 Å². The molecule has 21 heavy (non-hydrogen) atoms. The molecule has 2 N–H and O–H groups in total. The van der Waals surface area contributed by atoms with Crippen LogP contribution < -0.4 is 10.6 Å². The van der Waals surface area contributed by atoms with Crippen molar-refractivity contribution in [3.63, 3.8) is 0 Å². The van der Waals surface area contributed by atoms with E-state index in [0.29, 0.717) is 18.8 Å². The minimum Gasteiger partial charge on any atom is -0.467 e. The smallest absolute Gasteiger partial charge is 0.315 e. The van der Waals surface area contributed by atoms with Gasteiger partial charge in [-0.05, 0) is 42.7 Å². The van der Waals surface area contributed by atoms with Crippen LogP contribution in [0, 0.1) is 5.82 Å². The standard InChI is InChI=1S/C16H17FN2O2/c17-13-5-3-12(4-6-13)16(7-8-16)11-19-15(20)18-10-14-2-1-9-21-14/h1-6,9H,7-8,10-11H2,(H2,18,19,20). The Kier molecular flexibility index (Phi) is 3.64. The van der Waals surface area contributed by atoms with Gasteiger partial charge in [0.25, 0.3) is 0 Å². The second-order valence-electron chi connectivity index (χ2n) is 5.40. The van der Waals surface area contributed by atoms with Crippen LogP contribution in [0.25, 0.3) is 0 Å². The maximum atomic E-state index is 13.0. The highest BCUT2D eigenvalue weighted by molar-refractivity contribution is 5.74. The molecule has 3 rings (SSSR count). The molecule has 0 atom stereocenters. The van der Waals surface area contributed by atoms with E-state index < -0.39 is 0 Å². The summed E-state index contributed by atoms with van der Waals surface area (Å²) in [4.78, 5) is 11.8. The van der Waals surface area contributed by atoms with Crippen molar-refractivity contribution in [2.24, 2.45) is 0 Å². The summed E-state index contributed by atoms with van der Waals surface area (Å²) in [6, 6.07) is 9.89. The van der Waals surface area contributed by atoms with Crippen molar-refractivity contribution in [3.8, 4) is 0 Å². The van der Waals surface area contributed by atoms with Crippen molar-refractivity contribution in [2.45, 2.75) is 24.8 Å². The van der Waals surface area contributed by atoms with Gasteiger partial charge in [-0.1, -0.05) is 12.1 Å². The highest BCUT2D eigenvalue weighted by atomic mass is 19.1. The zero-order valence-electron chi connectivity index (χ0n) is 11.6. The number of carbonyl (C=O) groups is 1. The molecule has 0 radical (unpaired) electrons. The van der Waals surface area contributed by atoms with Crippen LogP contribution in [-0.2, 0) is 12.0 Å². The van der Waals surface area contributed by atoms with Gasteiger partial charge in [0, 0.05) is 12.0 Å². The highest BCUT2D eigenvalue weighted by Crippen LogP contribution is 2.47. The van der Waals surface area contributed by atoms with Gasteiger partial charge in [-0.3, -0.25) is 0 Å². The van der Waals surface area contributed by atoms with E-state index in [1.807, 2.05) is 0 Å². The topological polar surface area (TPSA) is 54.3 Å². The van der Waals surface area contributed by atoms with E-state index in [1.54, 1.807) is 30.5 Å². The lowest BCUT2D eigenvalue weighted by molar-refractivity contribution is 0.238. The molecule has 0 bridgehead atoms. The van der Waals surface area contributed by atoms with Crippen LogP contribution in [0.1, 0.15) is 24.2 Å². The van der Waals surface area contributed by atoms with E-state index in [9.17, 15) is 9.18 Å². The molecule has 110 valence electrons. The number of hydrogen-bond donors (Lipinski definition) is 2. The van der Waals surface area contributed by atoms with Crippen molar-refractivity contribution < 1.29 is 13.6 Å². The van der Waals surface area contributed by atoms with Crippen molar-refractivity contribution in [1.29, 1.82) is 0 Å². The largest absolute Gasteiger partial charge is 0.467 e. The molecule has 2 amide bonds. The Balaban J connectivity index is 1.50. The third kappa shape index (κ3) is 3.24. The van der Waals surface area contributed by atoms with Gasteiger partial charge in [0.05, 0.1) is 12.8 Å². The van der Waals surface area contributed by atoms with Gasteiger partial charge >= 0.3 is 6.03 Å². The number of furan rings is 1. The van der Waals surface area contributed by atoms with Crippen LogP contribution in [0.15, 0.2) is 47.1 Å². The second kappa shape index (κ2) is 5.60. The van der Waals surface area contributed by atoms with Crippen molar-refractivity contribution in [3.05, 3.63) is 59.8 Å². The predicted octanol–water partition coefficient (Wildman–Crippen LogP) is 2.95. The lowest BCUT2D eigenvalue weighted by atomic mass is 9.96. The maximum absolute atomic E-state index is 13.0. The number of benzene rings is 1. The Hall–Kier alpha value is -2.30. The fourth-order valence-corrected chi connectivity index (χ4v) is 2.41. The van der Waals surface area contributed by atoms with Gasteiger partial charge in [0.2, 0.25) is 0 Å². The molecule has 1 aliphatic rings. The summed E-state index contributed by atoms with van der Waals surface area (Å²) in [6.07, 6.45) is 3.59. The fraction of sp³-hybridized carbons (Fsp3) is 0.312. The third-order valence-corrected chi connectivity index (χ3v) is 3.90. The Morgan fingerprint density at radius 3 is 2.57 bits per heavy atom. The molecule has 5 heteroatoms. The molecule has 1 aromatic heterocycles. The lowest BCUT2D eigenvalue weighted by Crippen LogP contribution is -2.39. The maximum Gasteiger partial charge on any atom is 0.315 e. The molecule has 0 saturated heterocycles. The molecule has 1 aromatic carbocycles. The first kappa shape index (κ1) is 13.7. The fourth-order valence-electron chi connectivity index (χ4n) is 2.41. The van der Waals surface area contributed by atoms with Crippen LogP contribution in [0.2, 0.25) is 0 Å². The van der Waals surface area contributed by atoms with Crippen molar-refractivity contribution in [2.75, 3.05) is 6.54 Å². The predicted molar refractivity (Wildman–Crippen MR) is 76.3 cm³/mol. The van der Waals surface area contributed by atoms with E-state index in [2.05, 4.69) is 10.6 Å². The first-order valence-electron chi connectivity index (χ1n) is 6.98. The summed E-state index contributed by atoms with van der Waals surface area (Å²) < 4.78 is 18.1. The molecule has 1 aliphatic carbocycles. The van der Waals surface area contributed by atoms with Crippen LogP contribution >= 0.6 is 0 Å².